The number of nitro benzene ring substituents is 1. The number of nitrogens with one attached hydrogen (secondary N) is 1. The summed E-state index contributed by atoms with van der Waals surface area (Å²) >= 11 is 3.33. The summed E-state index contributed by atoms with van der Waals surface area (Å²) in [5.74, 6) is 0. The summed E-state index contributed by atoms with van der Waals surface area (Å²) in [4.78, 5) is 10.6. The van der Waals surface area contributed by atoms with E-state index in [-0.39, 0.29) is 10.6 Å². The van der Waals surface area contributed by atoms with Crippen molar-refractivity contribution in [2.45, 2.75) is 13.3 Å². The summed E-state index contributed by atoms with van der Waals surface area (Å²) < 4.78 is 0.821. The Morgan fingerprint density at radius 3 is 2.75 bits per heavy atom. The molecule has 0 spiro atoms. The first kappa shape index (κ1) is 14.5. The zero-order valence-corrected chi connectivity index (χ0v) is 12.7. The Balaban J connectivity index is 2.04. The molecule has 0 unspecified atom stereocenters. The molecule has 4 nitrogen and oxygen atoms in total. The predicted molar refractivity (Wildman–Crippen MR) is 84.2 cm³/mol. The Morgan fingerprint density at radius 2 is 2.05 bits per heavy atom. The van der Waals surface area contributed by atoms with Crippen molar-refractivity contribution in [2.24, 2.45) is 0 Å². The van der Waals surface area contributed by atoms with E-state index in [2.05, 4.69) is 46.4 Å². The minimum absolute atomic E-state index is 0.0949. The molecule has 2 rings (SSSR count). The Labute approximate surface area is 126 Å². The second kappa shape index (κ2) is 6.52. The van der Waals surface area contributed by atoms with E-state index in [1.807, 2.05) is 6.07 Å². The highest BCUT2D eigenvalue weighted by Gasteiger charge is 2.13. The summed E-state index contributed by atoms with van der Waals surface area (Å²) in [5.41, 5.74) is 3.07. The van der Waals surface area contributed by atoms with Crippen molar-refractivity contribution in [2.75, 3.05) is 11.9 Å². The molecule has 2 aromatic carbocycles. The van der Waals surface area contributed by atoms with E-state index in [0.717, 1.165) is 10.9 Å². The lowest BCUT2D eigenvalue weighted by Gasteiger charge is -2.08. The van der Waals surface area contributed by atoms with Gasteiger partial charge in [0.2, 0.25) is 0 Å². The largest absolute Gasteiger partial charge is 0.379 e. The van der Waals surface area contributed by atoms with E-state index in [1.165, 1.54) is 17.2 Å². The molecule has 0 atom stereocenters. The number of aryl methyl sites for hydroxylation is 1. The van der Waals surface area contributed by atoms with Crippen LogP contribution >= 0.6 is 15.9 Å². The molecule has 5 heteroatoms. The van der Waals surface area contributed by atoms with Gasteiger partial charge in [-0.15, -0.1) is 0 Å². The van der Waals surface area contributed by atoms with E-state index in [9.17, 15) is 10.1 Å². The average molecular weight is 335 g/mol. The molecule has 20 heavy (non-hydrogen) atoms. The van der Waals surface area contributed by atoms with Gasteiger partial charge in [0.15, 0.2) is 0 Å². The normalized spacial score (nSPS) is 10.3. The standard InChI is InChI=1S/C15H15BrN2O2/c1-11-3-2-4-12(9-11)7-8-17-14-10-13(16)5-6-15(14)18(19)20/h2-6,9-10,17H,7-8H2,1H3. The van der Waals surface area contributed by atoms with Crippen LogP contribution in [0.1, 0.15) is 11.1 Å². The maximum Gasteiger partial charge on any atom is 0.292 e. The molecular formula is C15H15BrN2O2. The third-order valence-electron chi connectivity index (χ3n) is 2.97. The molecule has 0 saturated carbocycles. The Bertz CT molecular complexity index is 629. The minimum Gasteiger partial charge on any atom is -0.379 e. The van der Waals surface area contributed by atoms with Crippen LogP contribution in [-0.2, 0) is 6.42 Å². The highest BCUT2D eigenvalue weighted by atomic mass is 79.9. The number of nitro groups is 1. The minimum atomic E-state index is -0.374. The number of hydrogen-bond acceptors (Lipinski definition) is 3. The SMILES string of the molecule is Cc1cccc(CCNc2cc(Br)ccc2[N+](=O)[O-])c1. The van der Waals surface area contributed by atoms with Gasteiger partial charge in [0.1, 0.15) is 5.69 Å². The topological polar surface area (TPSA) is 55.2 Å². The van der Waals surface area contributed by atoms with Gasteiger partial charge in [-0.05, 0) is 31.0 Å². The molecule has 1 N–H and O–H groups in total. The zero-order valence-electron chi connectivity index (χ0n) is 11.1. The fourth-order valence-electron chi connectivity index (χ4n) is 2.02. The summed E-state index contributed by atoms with van der Waals surface area (Å²) in [5, 5.41) is 14.1. The van der Waals surface area contributed by atoms with Crippen molar-refractivity contribution in [3.63, 3.8) is 0 Å². The first-order chi connectivity index (χ1) is 9.56. The van der Waals surface area contributed by atoms with Crippen molar-refractivity contribution in [1.29, 1.82) is 0 Å². The number of rotatable bonds is 5. The summed E-state index contributed by atoms with van der Waals surface area (Å²) in [6, 6.07) is 13.2. The highest BCUT2D eigenvalue weighted by Crippen LogP contribution is 2.27. The van der Waals surface area contributed by atoms with Gasteiger partial charge in [-0.3, -0.25) is 10.1 Å². The summed E-state index contributed by atoms with van der Waals surface area (Å²) in [7, 11) is 0. The molecule has 104 valence electrons. The first-order valence-corrected chi connectivity index (χ1v) is 7.09. The van der Waals surface area contributed by atoms with E-state index in [1.54, 1.807) is 12.1 Å². The van der Waals surface area contributed by atoms with Crippen LogP contribution < -0.4 is 5.32 Å². The molecule has 0 amide bonds. The van der Waals surface area contributed by atoms with Gasteiger partial charge in [0.05, 0.1) is 4.92 Å². The number of anilines is 1. The molecule has 0 aliphatic rings. The summed E-state index contributed by atoms with van der Waals surface area (Å²) in [6.07, 6.45) is 0.825. The number of nitrogens with zero attached hydrogens (tertiary/aromatic N) is 1. The van der Waals surface area contributed by atoms with Crippen LogP contribution in [0.25, 0.3) is 0 Å². The third-order valence-corrected chi connectivity index (χ3v) is 3.46. The first-order valence-electron chi connectivity index (χ1n) is 6.29. The van der Waals surface area contributed by atoms with Gasteiger partial charge < -0.3 is 5.32 Å². The van der Waals surface area contributed by atoms with Crippen LogP contribution in [0.15, 0.2) is 46.9 Å². The summed E-state index contributed by atoms with van der Waals surface area (Å²) in [6.45, 7) is 2.71. The van der Waals surface area contributed by atoms with E-state index in [4.69, 9.17) is 0 Å². The van der Waals surface area contributed by atoms with Crippen LogP contribution in [0.3, 0.4) is 0 Å². The van der Waals surface area contributed by atoms with E-state index in [0.29, 0.717) is 12.2 Å². The molecule has 0 saturated heterocycles. The average Bonchev–Trinajstić information content (AvgIpc) is 2.38. The van der Waals surface area contributed by atoms with Crippen LogP contribution in [0, 0.1) is 17.0 Å². The Kier molecular flexibility index (Phi) is 4.74. The second-order valence-electron chi connectivity index (χ2n) is 4.58. The molecule has 0 bridgehead atoms. The van der Waals surface area contributed by atoms with Gasteiger partial charge in [0, 0.05) is 17.1 Å². The highest BCUT2D eigenvalue weighted by molar-refractivity contribution is 9.10. The quantitative estimate of drug-likeness (QED) is 0.654. The molecule has 0 heterocycles. The Morgan fingerprint density at radius 1 is 1.25 bits per heavy atom. The predicted octanol–water partition coefficient (Wildman–Crippen LogP) is 4.32. The number of halogens is 1. The molecule has 0 aliphatic carbocycles. The van der Waals surface area contributed by atoms with Crippen LogP contribution in [0.2, 0.25) is 0 Å². The van der Waals surface area contributed by atoms with Crippen molar-refractivity contribution >= 4 is 27.3 Å². The molecule has 0 aliphatic heterocycles. The lowest BCUT2D eigenvalue weighted by molar-refractivity contribution is -0.384. The van der Waals surface area contributed by atoms with Gasteiger partial charge in [-0.25, -0.2) is 0 Å². The third kappa shape index (κ3) is 3.81. The molecule has 0 fully saturated rings. The van der Waals surface area contributed by atoms with Crippen LogP contribution in [0.4, 0.5) is 11.4 Å². The molecule has 2 aromatic rings. The maximum atomic E-state index is 11.0. The van der Waals surface area contributed by atoms with Crippen molar-refractivity contribution in [3.8, 4) is 0 Å². The van der Waals surface area contributed by atoms with Gasteiger partial charge in [-0.1, -0.05) is 45.8 Å². The lowest BCUT2D eigenvalue weighted by Crippen LogP contribution is -2.07. The van der Waals surface area contributed by atoms with E-state index >= 15 is 0 Å². The van der Waals surface area contributed by atoms with Crippen molar-refractivity contribution in [1.82, 2.24) is 0 Å². The zero-order chi connectivity index (χ0) is 14.5. The second-order valence-corrected chi connectivity index (χ2v) is 5.50. The van der Waals surface area contributed by atoms with Gasteiger partial charge in [0.25, 0.3) is 5.69 Å². The van der Waals surface area contributed by atoms with Crippen LogP contribution in [-0.4, -0.2) is 11.5 Å². The van der Waals surface area contributed by atoms with Crippen LogP contribution in [0.5, 0.6) is 0 Å². The lowest BCUT2D eigenvalue weighted by atomic mass is 10.1. The Hall–Kier alpha value is -1.88. The maximum absolute atomic E-state index is 11.0. The van der Waals surface area contributed by atoms with Gasteiger partial charge in [-0.2, -0.15) is 0 Å². The fourth-order valence-corrected chi connectivity index (χ4v) is 2.38. The van der Waals surface area contributed by atoms with Crippen molar-refractivity contribution in [3.05, 3.63) is 68.2 Å². The van der Waals surface area contributed by atoms with E-state index < -0.39 is 0 Å². The molecular weight excluding hydrogens is 320 g/mol. The number of hydrogen-bond donors (Lipinski definition) is 1. The fraction of sp³-hybridized carbons (Fsp3) is 0.200. The van der Waals surface area contributed by atoms with Gasteiger partial charge >= 0.3 is 0 Å². The smallest absolute Gasteiger partial charge is 0.292 e. The monoisotopic (exact) mass is 334 g/mol. The number of benzene rings is 2. The van der Waals surface area contributed by atoms with Crippen molar-refractivity contribution < 1.29 is 4.92 Å². The molecule has 0 aromatic heterocycles. The molecule has 0 radical (unpaired) electrons.